The third kappa shape index (κ3) is 3.31. The molecule has 0 aliphatic rings. The maximum atomic E-state index is 12.6. The number of nitrogens with one attached hydrogen (secondary N) is 1. The van der Waals surface area contributed by atoms with Crippen molar-refractivity contribution in [3.05, 3.63) is 30.1 Å². The Hall–Kier alpha value is -1.42. The van der Waals surface area contributed by atoms with E-state index in [1.807, 2.05) is 13.8 Å². The van der Waals surface area contributed by atoms with Gasteiger partial charge in [-0.2, -0.15) is 0 Å². The van der Waals surface area contributed by atoms with E-state index < -0.39 is 6.04 Å². The van der Waals surface area contributed by atoms with Gasteiger partial charge in [0.2, 0.25) is 5.91 Å². The van der Waals surface area contributed by atoms with E-state index in [-0.39, 0.29) is 17.6 Å². The first-order valence-electron chi connectivity index (χ1n) is 5.36. The monoisotopic (exact) mass is 224 g/mol. The first-order chi connectivity index (χ1) is 7.54. The van der Waals surface area contributed by atoms with Crippen LogP contribution in [0.15, 0.2) is 24.3 Å². The Labute approximate surface area is 94.8 Å². The van der Waals surface area contributed by atoms with Gasteiger partial charge < -0.3 is 11.1 Å². The van der Waals surface area contributed by atoms with Crippen molar-refractivity contribution in [2.24, 2.45) is 11.7 Å². The molecule has 1 amide bonds. The highest BCUT2D eigenvalue weighted by molar-refractivity contribution is 5.94. The van der Waals surface area contributed by atoms with Crippen LogP contribution in [0.2, 0.25) is 0 Å². The molecular weight excluding hydrogens is 207 g/mol. The molecule has 0 aliphatic heterocycles. The van der Waals surface area contributed by atoms with Gasteiger partial charge in [0, 0.05) is 5.69 Å². The van der Waals surface area contributed by atoms with Crippen molar-refractivity contribution in [1.82, 2.24) is 0 Å². The minimum Gasteiger partial charge on any atom is -0.325 e. The summed E-state index contributed by atoms with van der Waals surface area (Å²) in [7, 11) is 0. The zero-order valence-corrected chi connectivity index (χ0v) is 9.53. The third-order valence-electron chi connectivity index (χ3n) is 2.67. The number of hydrogen-bond donors (Lipinski definition) is 2. The van der Waals surface area contributed by atoms with E-state index in [2.05, 4.69) is 5.32 Å². The molecule has 1 rings (SSSR count). The highest BCUT2D eigenvalue weighted by atomic mass is 19.1. The zero-order chi connectivity index (χ0) is 12.1. The Balaban J connectivity index is 2.60. The van der Waals surface area contributed by atoms with Gasteiger partial charge in [-0.15, -0.1) is 0 Å². The van der Waals surface area contributed by atoms with Crippen LogP contribution in [0.25, 0.3) is 0 Å². The average Bonchev–Trinajstić information content (AvgIpc) is 2.30. The quantitative estimate of drug-likeness (QED) is 0.823. The Morgan fingerprint density at radius 1 is 1.44 bits per heavy atom. The van der Waals surface area contributed by atoms with Crippen LogP contribution in [-0.4, -0.2) is 11.9 Å². The van der Waals surface area contributed by atoms with E-state index in [0.29, 0.717) is 5.69 Å². The summed E-state index contributed by atoms with van der Waals surface area (Å²) in [6.45, 7) is 3.91. The Morgan fingerprint density at radius 2 is 2.00 bits per heavy atom. The Morgan fingerprint density at radius 3 is 2.50 bits per heavy atom. The lowest BCUT2D eigenvalue weighted by molar-refractivity contribution is -0.118. The van der Waals surface area contributed by atoms with Gasteiger partial charge >= 0.3 is 0 Å². The van der Waals surface area contributed by atoms with E-state index >= 15 is 0 Å². The Bertz CT molecular complexity index is 351. The summed E-state index contributed by atoms with van der Waals surface area (Å²) < 4.78 is 12.6. The minimum absolute atomic E-state index is 0.125. The fraction of sp³-hybridized carbons (Fsp3) is 0.417. The summed E-state index contributed by atoms with van der Waals surface area (Å²) in [6.07, 6.45) is 0.845. The van der Waals surface area contributed by atoms with Crippen molar-refractivity contribution in [2.45, 2.75) is 26.3 Å². The van der Waals surface area contributed by atoms with Crippen LogP contribution in [0, 0.1) is 11.7 Å². The van der Waals surface area contributed by atoms with Gasteiger partial charge in [-0.25, -0.2) is 4.39 Å². The largest absolute Gasteiger partial charge is 0.325 e. The molecule has 1 aromatic carbocycles. The third-order valence-corrected chi connectivity index (χ3v) is 2.67. The van der Waals surface area contributed by atoms with Crippen molar-refractivity contribution in [3.63, 3.8) is 0 Å². The summed E-state index contributed by atoms with van der Waals surface area (Å²) >= 11 is 0. The molecule has 0 saturated carbocycles. The molecule has 0 spiro atoms. The lowest BCUT2D eigenvalue weighted by Crippen LogP contribution is -2.40. The van der Waals surface area contributed by atoms with Gasteiger partial charge in [-0.05, 0) is 30.2 Å². The van der Waals surface area contributed by atoms with E-state index in [9.17, 15) is 9.18 Å². The molecular formula is C12H17FN2O. The smallest absolute Gasteiger partial charge is 0.241 e. The highest BCUT2D eigenvalue weighted by Gasteiger charge is 2.19. The van der Waals surface area contributed by atoms with E-state index in [1.54, 1.807) is 0 Å². The number of halogens is 1. The van der Waals surface area contributed by atoms with Crippen molar-refractivity contribution in [3.8, 4) is 0 Å². The number of hydrogen-bond acceptors (Lipinski definition) is 2. The van der Waals surface area contributed by atoms with Crippen LogP contribution in [-0.2, 0) is 4.79 Å². The van der Waals surface area contributed by atoms with Gasteiger partial charge in [0.15, 0.2) is 0 Å². The topological polar surface area (TPSA) is 55.1 Å². The lowest BCUT2D eigenvalue weighted by Gasteiger charge is -2.17. The number of rotatable bonds is 4. The van der Waals surface area contributed by atoms with Crippen molar-refractivity contribution < 1.29 is 9.18 Å². The minimum atomic E-state index is -0.532. The second kappa shape index (κ2) is 5.61. The van der Waals surface area contributed by atoms with E-state index in [0.717, 1.165) is 6.42 Å². The standard InChI is InChI=1S/C12H17FN2O/c1-3-8(2)11(14)12(16)15-10-6-4-9(13)5-7-10/h4-8,11H,3,14H2,1-2H3,(H,15,16)/t8-,11+/m1/s1. The number of carbonyl (C=O) groups is 1. The van der Waals surface area contributed by atoms with Crippen molar-refractivity contribution >= 4 is 11.6 Å². The maximum Gasteiger partial charge on any atom is 0.241 e. The van der Waals surface area contributed by atoms with Gasteiger partial charge in [-0.3, -0.25) is 4.79 Å². The predicted molar refractivity (Wildman–Crippen MR) is 62.5 cm³/mol. The van der Waals surface area contributed by atoms with Crippen molar-refractivity contribution in [2.75, 3.05) is 5.32 Å². The van der Waals surface area contributed by atoms with E-state index in [4.69, 9.17) is 5.73 Å². The molecule has 0 aromatic heterocycles. The second-order valence-electron chi connectivity index (χ2n) is 3.91. The van der Waals surface area contributed by atoms with Crippen LogP contribution < -0.4 is 11.1 Å². The molecule has 0 heterocycles. The van der Waals surface area contributed by atoms with Crippen LogP contribution >= 0.6 is 0 Å². The molecule has 16 heavy (non-hydrogen) atoms. The maximum absolute atomic E-state index is 12.6. The molecule has 4 heteroatoms. The molecule has 0 saturated heterocycles. The first kappa shape index (κ1) is 12.6. The fourth-order valence-electron chi connectivity index (χ4n) is 1.27. The molecule has 0 unspecified atom stereocenters. The summed E-state index contributed by atoms with van der Waals surface area (Å²) in [6, 6.07) is 5.08. The lowest BCUT2D eigenvalue weighted by atomic mass is 9.99. The number of anilines is 1. The summed E-state index contributed by atoms with van der Waals surface area (Å²) in [5.74, 6) is -0.439. The van der Waals surface area contributed by atoms with Crippen LogP contribution in [0.5, 0.6) is 0 Å². The molecule has 1 aromatic rings. The number of nitrogens with two attached hydrogens (primary N) is 1. The second-order valence-corrected chi connectivity index (χ2v) is 3.91. The van der Waals surface area contributed by atoms with Crippen LogP contribution in [0.1, 0.15) is 20.3 Å². The summed E-state index contributed by atoms with van der Waals surface area (Å²) in [4.78, 5) is 11.7. The summed E-state index contributed by atoms with van der Waals surface area (Å²) in [5.41, 5.74) is 6.32. The molecule has 0 bridgehead atoms. The fourth-order valence-corrected chi connectivity index (χ4v) is 1.27. The predicted octanol–water partition coefficient (Wildman–Crippen LogP) is 2.14. The zero-order valence-electron chi connectivity index (χ0n) is 9.53. The van der Waals surface area contributed by atoms with Gasteiger partial charge in [0.1, 0.15) is 5.82 Å². The molecule has 3 N–H and O–H groups in total. The number of carbonyl (C=O) groups excluding carboxylic acids is 1. The summed E-state index contributed by atoms with van der Waals surface area (Å²) in [5, 5.41) is 2.65. The SMILES string of the molecule is CC[C@@H](C)[C@H](N)C(=O)Nc1ccc(F)cc1. The number of amides is 1. The van der Waals surface area contributed by atoms with Gasteiger partial charge in [0.05, 0.1) is 6.04 Å². The molecule has 0 aliphatic carbocycles. The average molecular weight is 224 g/mol. The normalized spacial score (nSPS) is 14.2. The molecule has 0 fully saturated rings. The van der Waals surface area contributed by atoms with Crippen LogP contribution in [0.4, 0.5) is 10.1 Å². The van der Waals surface area contributed by atoms with Crippen LogP contribution in [0.3, 0.4) is 0 Å². The Kier molecular flexibility index (Phi) is 4.43. The first-order valence-corrected chi connectivity index (χ1v) is 5.36. The molecule has 2 atom stereocenters. The highest BCUT2D eigenvalue weighted by Crippen LogP contribution is 2.11. The van der Waals surface area contributed by atoms with Gasteiger partial charge in [-0.1, -0.05) is 20.3 Å². The molecule has 88 valence electrons. The molecule has 3 nitrogen and oxygen atoms in total. The molecule has 0 radical (unpaired) electrons. The van der Waals surface area contributed by atoms with E-state index in [1.165, 1.54) is 24.3 Å². The van der Waals surface area contributed by atoms with Crippen molar-refractivity contribution in [1.29, 1.82) is 0 Å². The number of benzene rings is 1. The van der Waals surface area contributed by atoms with Gasteiger partial charge in [0.25, 0.3) is 0 Å².